The zero-order valence-electron chi connectivity index (χ0n) is 13.8. The van der Waals surface area contributed by atoms with Crippen molar-refractivity contribution in [2.45, 2.75) is 37.9 Å². The number of nitrogens with zero attached hydrogens (tertiary/aromatic N) is 6. The third kappa shape index (κ3) is 4.18. The van der Waals surface area contributed by atoms with Crippen molar-refractivity contribution in [3.05, 3.63) is 30.4 Å². The summed E-state index contributed by atoms with van der Waals surface area (Å²) in [5, 5.41) is 8.38. The molecule has 1 amide bonds. The summed E-state index contributed by atoms with van der Waals surface area (Å²) >= 11 is 0. The molecular weight excluding hydrogens is 337 g/mol. The number of carbonyl (C=O) groups is 1. The maximum atomic E-state index is 12.4. The molecule has 2 aromatic rings. The van der Waals surface area contributed by atoms with Crippen LogP contribution < -0.4 is 0 Å². The molecule has 1 aliphatic rings. The number of halogens is 3. The zero-order chi connectivity index (χ0) is 18.0. The monoisotopic (exact) mass is 356 g/mol. The van der Waals surface area contributed by atoms with Gasteiger partial charge in [0, 0.05) is 38.4 Å². The van der Waals surface area contributed by atoms with E-state index in [0.29, 0.717) is 25.3 Å². The highest BCUT2D eigenvalue weighted by molar-refractivity contribution is 5.77. The van der Waals surface area contributed by atoms with E-state index in [1.54, 1.807) is 12.5 Å². The molecule has 0 saturated carbocycles. The molecule has 10 heteroatoms. The summed E-state index contributed by atoms with van der Waals surface area (Å²) in [6.07, 6.45) is 0.684. The maximum Gasteiger partial charge on any atom is 0.397 e. The Hall–Kier alpha value is -2.39. The number of hydrogen-bond donors (Lipinski definition) is 0. The number of amides is 1. The van der Waals surface area contributed by atoms with Crippen molar-refractivity contribution in [3.63, 3.8) is 0 Å². The first-order chi connectivity index (χ1) is 11.8. The third-order valence-electron chi connectivity index (χ3n) is 4.37. The number of piperidine rings is 1. The summed E-state index contributed by atoms with van der Waals surface area (Å²) in [5.41, 5.74) is 0. The third-order valence-corrected chi connectivity index (χ3v) is 4.37. The summed E-state index contributed by atoms with van der Waals surface area (Å²) in [5.74, 6) is 0.435. The summed E-state index contributed by atoms with van der Waals surface area (Å²) in [6.45, 7) is 1.10. The van der Waals surface area contributed by atoms with E-state index in [2.05, 4.69) is 15.2 Å². The van der Waals surface area contributed by atoms with Crippen molar-refractivity contribution < 1.29 is 18.0 Å². The molecule has 0 aliphatic carbocycles. The molecule has 3 rings (SSSR count). The number of carbonyl (C=O) groups excluding carboxylic acids is 1. The Bertz CT molecular complexity index is 724. The molecule has 1 aliphatic heterocycles. The molecule has 0 bridgehead atoms. The second kappa shape index (κ2) is 6.85. The van der Waals surface area contributed by atoms with E-state index in [9.17, 15) is 18.0 Å². The van der Waals surface area contributed by atoms with Gasteiger partial charge in [-0.15, -0.1) is 10.2 Å². The first-order valence-electron chi connectivity index (χ1n) is 8.02. The van der Waals surface area contributed by atoms with E-state index in [4.69, 9.17) is 0 Å². The van der Waals surface area contributed by atoms with Gasteiger partial charge in [-0.2, -0.15) is 13.2 Å². The second-order valence-corrected chi connectivity index (χ2v) is 6.24. The van der Waals surface area contributed by atoms with Gasteiger partial charge in [0.25, 0.3) is 0 Å². The minimum absolute atomic E-state index is 0.111. The van der Waals surface area contributed by atoms with Gasteiger partial charge in [0.05, 0.1) is 12.9 Å². The van der Waals surface area contributed by atoms with E-state index in [0.717, 1.165) is 12.2 Å². The Labute approximate surface area is 142 Å². The lowest BCUT2D eigenvalue weighted by Gasteiger charge is -2.32. The van der Waals surface area contributed by atoms with Gasteiger partial charge in [0.2, 0.25) is 5.91 Å². The van der Waals surface area contributed by atoms with E-state index in [1.807, 2.05) is 22.4 Å². The highest BCUT2D eigenvalue weighted by Gasteiger charge is 2.36. The van der Waals surface area contributed by atoms with Crippen LogP contribution >= 0.6 is 0 Å². The van der Waals surface area contributed by atoms with Gasteiger partial charge < -0.3 is 14.0 Å². The smallest absolute Gasteiger partial charge is 0.342 e. The molecule has 1 saturated heterocycles. The molecule has 1 unspecified atom stereocenters. The van der Waals surface area contributed by atoms with Gasteiger partial charge in [-0.25, -0.2) is 4.98 Å². The molecular formula is C15H19F3N6O. The molecule has 0 aromatic carbocycles. The van der Waals surface area contributed by atoms with Crippen LogP contribution in [0, 0.1) is 0 Å². The van der Waals surface area contributed by atoms with Crippen LogP contribution in [0.5, 0.6) is 0 Å². The van der Waals surface area contributed by atoms with Crippen LogP contribution in [0.4, 0.5) is 13.2 Å². The minimum Gasteiger partial charge on any atom is -0.342 e. The average molecular weight is 356 g/mol. The van der Waals surface area contributed by atoms with E-state index >= 15 is 0 Å². The fourth-order valence-corrected chi connectivity index (χ4v) is 3.11. The molecule has 0 N–H and O–H groups in total. The number of rotatable bonds is 4. The van der Waals surface area contributed by atoms with E-state index < -0.39 is 18.5 Å². The van der Waals surface area contributed by atoms with Crippen molar-refractivity contribution in [1.82, 2.24) is 29.2 Å². The number of aromatic nitrogens is 5. The summed E-state index contributed by atoms with van der Waals surface area (Å²) in [7, 11) is 1.83. The lowest BCUT2D eigenvalue weighted by atomic mass is 9.97. The molecule has 1 atom stereocenters. The molecule has 0 radical (unpaired) electrons. The first kappa shape index (κ1) is 17.4. The number of imidazole rings is 1. The van der Waals surface area contributed by atoms with Crippen LogP contribution in [-0.2, 0) is 18.4 Å². The van der Waals surface area contributed by atoms with Crippen LogP contribution in [0.25, 0.3) is 0 Å². The van der Waals surface area contributed by atoms with Crippen molar-refractivity contribution >= 4 is 5.91 Å². The van der Waals surface area contributed by atoms with Crippen LogP contribution in [0.2, 0.25) is 0 Å². The highest BCUT2D eigenvalue weighted by Crippen LogP contribution is 2.28. The molecule has 7 nitrogen and oxygen atoms in total. The molecule has 2 aromatic heterocycles. The average Bonchev–Trinajstić information content (AvgIpc) is 3.17. The SMILES string of the molecule is Cn1c(Cn2ccnc2)nnc1C1CCCN(C(=O)CC(F)(F)F)C1. The number of hydrogen-bond acceptors (Lipinski definition) is 4. The summed E-state index contributed by atoms with van der Waals surface area (Å²) < 4.78 is 41.0. The summed E-state index contributed by atoms with van der Waals surface area (Å²) in [4.78, 5) is 17.1. The predicted octanol–water partition coefficient (Wildman–Crippen LogP) is 1.72. The fourth-order valence-electron chi connectivity index (χ4n) is 3.11. The first-order valence-corrected chi connectivity index (χ1v) is 8.02. The van der Waals surface area contributed by atoms with Crippen LogP contribution in [-0.4, -0.2) is 54.4 Å². The van der Waals surface area contributed by atoms with Gasteiger partial charge in [-0.05, 0) is 12.8 Å². The summed E-state index contributed by atoms with van der Waals surface area (Å²) in [6, 6.07) is 0. The second-order valence-electron chi connectivity index (χ2n) is 6.24. The Morgan fingerprint density at radius 2 is 2.16 bits per heavy atom. The normalized spacial score (nSPS) is 18.6. The quantitative estimate of drug-likeness (QED) is 0.837. The minimum atomic E-state index is -4.48. The largest absolute Gasteiger partial charge is 0.397 e. The number of alkyl halides is 3. The van der Waals surface area contributed by atoms with E-state index in [1.165, 1.54) is 4.90 Å². The standard InChI is InChI=1S/C15H19F3N6O/c1-22-12(9-23-6-4-19-10-23)20-21-14(22)11-3-2-5-24(8-11)13(25)7-15(16,17)18/h4,6,10-11H,2-3,5,7-9H2,1H3. The van der Waals surface area contributed by atoms with Crippen LogP contribution in [0.15, 0.2) is 18.7 Å². The Kier molecular flexibility index (Phi) is 4.78. The Morgan fingerprint density at radius 3 is 2.84 bits per heavy atom. The highest BCUT2D eigenvalue weighted by atomic mass is 19.4. The van der Waals surface area contributed by atoms with Crippen molar-refractivity contribution in [2.24, 2.45) is 7.05 Å². The lowest BCUT2D eigenvalue weighted by molar-refractivity contribution is -0.162. The van der Waals surface area contributed by atoms with E-state index in [-0.39, 0.29) is 12.5 Å². The molecule has 0 spiro atoms. The Balaban J connectivity index is 1.69. The van der Waals surface area contributed by atoms with Gasteiger partial charge >= 0.3 is 6.18 Å². The van der Waals surface area contributed by atoms with Crippen molar-refractivity contribution in [1.29, 1.82) is 0 Å². The predicted molar refractivity (Wildman–Crippen MR) is 81.6 cm³/mol. The lowest BCUT2D eigenvalue weighted by Crippen LogP contribution is -2.41. The Morgan fingerprint density at radius 1 is 1.36 bits per heavy atom. The molecule has 1 fully saturated rings. The zero-order valence-corrected chi connectivity index (χ0v) is 13.8. The van der Waals surface area contributed by atoms with Crippen molar-refractivity contribution in [3.8, 4) is 0 Å². The van der Waals surface area contributed by atoms with Gasteiger partial charge in [0.15, 0.2) is 5.82 Å². The van der Waals surface area contributed by atoms with Crippen LogP contribution in [0.3, 0.4) is 0 Å². The van der Waals surface area contributed by atoms with Crippen LogP contribution in [0.1, 0.15) is 36.8 Å². The maximum absolute atomic E-state index is 12.4. The van der Waals surface area contributed by atoms with Crippen molar-refractivity contribution in [2.75, 3.05) is 13.1 Å². The topological polar surface area (TPSA) is 68.8 Å². The van der Waals surface area contributed by atoms with Gasteiger partial charge in [-0.3, -0.25) is 4.79 Å². The molecule has 25 heavy (non-hydrogen) atoms. The fraction of sp³-hybridized carbons (Fsp3) is 0.600. The molecule has 3 heterocycles. The van der Waals surface area contributed by atoms with Gasteiger partial charge in [0.1, 0.15) is 12.2 Å². The number of likely N-dealkylation sites (tertiary alicyclic amines) is 1. The van der Waals surface area contributed by atoms with Gasteiger partial charge in [-0.1, -0.05) is 0 Å². The molecule has 136 valence electrons.